The second-order valence-corrected chi connectivity index (χ2v) is 4.70. The number of rotatable bonds is 3. The van der Waals surface area contributed by atoms with E-state index in [1.54, 1.807) is 7.11 Å². The zero-order chi connectivity index (χ0) is 13.0. The number of carbonyl (C=O) groups excluding carboxylic acids is 1. The topological polar surface area (TPSA) is 50.4 Å². The Labute approximate surface area is 108 Å². The minimum absolute atomic E-state index is 0.0265. The summed E-state index contributed by atoms with van der Waals surface area (Å²) in [7, 11) is 1.61. The fourth-order valence-electron chi connectivity index (χ4n) is 2.21. The Morgan fingerprint density at radius 3 is 2.94 bits per heavy atom. The van der Waals surface area contributed by atoms with Crippen LogP contribution in [0.2, 0.25) is 0 Å². The van der Waals surface area contributed by atoms with Crippen LogP contribution in [0.3, 0.4) is 0 Å². The summed E-state index contributed by atoms with van der Waals surface area (Å²) in [5.41, 5.74) is 1.84. The number of amides is 1. The highest BCUT2D eigenvalue weighted by molar-refractivity contribution is 5.96. The van der Waals surface area contributed by atoms with Crippen LogP contribution in [-0.2, 0) is 4.79 Å². The van der Waals surface area contributed by atoms with Crippen molar-refractivity contribution >= 4 is 11.6 Å². The monoisotopic (exact) mass is 248 g/mol. The molecule has 2 N–H and O–H groups in total. The highest BCUT2D eigenvalue weighted by Gasteiger charge is 2.21. The molecule has 0 aliphatic carbocycles. The van der Waals surface area contributed by atoms with E-state index in [2.05, 4.69) is 10.6 Å². The first kappa shape index (κ1) is 12.9. The fraction of sp³-hybridized carbons (Fsp3) is 0.500. The van der Waals surface area contributed by atoms with Gasteiger partial charge in [-0.3, -0.25) is 4.79 Å². The maximum atomic E-state index is 12.1. The van der Waals surface area contributed by atoms with E-state index in [0.717, 1.165) is 37.1 Å². The number of carbonyl (C=O) groups is 1. The SMILES string of the molecule is COc1ccc(C)cc1NC(=O)C1CCCCN1. The van der Waals surface area contributed by atoms with Gasteiger partial charge in [0.25, 0.3) is 0 Å². The van der Waals surface area contributed by atoms with Gasteiger partial charge in [0.2, 0.25) is 5.91 Å². The maximum absolute atomic E-state index is 12.1. The van der Waals surface area contributed by atoms with Crippen LogP contribution in [0.4, 0.5) is 5.69 Å². The highest BCUT2D eigenvalue weighted by Crippen LogP contribution is 2.25. The van der Waals surface area contributed by atoms with E-state index in [9.17, 15) is 4.79 Å². The van der Waals surface area contributed by atoms with Gasteiger partial charge in [-0.15, -0.1) is 0 Å². The van der Waals surface area contributed by atoms with Crippen LogP contribution in [0.1, 0.15) is 24.8 Å². The summed E-state index contributed by atoms with van der Waals surface area (Å²) >= 11 is 0. The molecular formula is C14H20N2O2. The molecule has 1 aliphatic rings. The first-order chi connectivity index (χ1) is 8.70. The Balaban J connectivity index is 2.07. The maximum Gasteiger partial charge on any atom is 0.241 e. The van der Waals surface area contributed by atoms with Crippen LogP contribution >= 0.6 is 0 Å². The molecule has 1 atom stereocenters. The van der Waals surface area contributed by atoms with Gasteiger partial charge in [0.1, 0.15) is 5.75 Å². The molecule has 1 unspecified atom stereocenters. The largest absolute Gasteiger partial charge is 0.495 e. The first-order valence-electron chi connectivity index (χ1n) is 6.39. The van der Waals surface area contributed by atoms with E-state index in [1.165, 1.54) is 0 Å². The van der Waals surface area contributed by atoms with Gasteiger partial charge < -0.3 is 15.4 Å². The Kier molecular flexibility index (Phi) is 4.20. The predicted molar refractivity (Wildman–Crippen MR) is 72.0 cm³/mol. The van der Waals surface area contributed by atoms with Gasteiger partial charge in [0.05, 0.1) is 18.8 Å². The van der Waals surface area contributed by atoms with Gasteiger partial charge in [-0.1, -0.05) is 12.5 Å². The van der Waals surface area contributed by atoms with Crippen molar-refractivity contribution in [2.75, 3.05) is 19.0 Å². The zero-order valence-corrected chi connectivity index (χ0v) is 11.0. The molecule has 1 aromatic rings. The number of piperidine rings is 1. The molecule has 0 saturated carbocycles. The zero-order valence-electron chi connectivity index (χ0n) is 11.0. The summed E-state index contributed by atoms with van der Waals surface area (Å²) in [6.07, 6.45) is 3.16. The van der Waals surface area contributed by atoms with Crippen molar-refractivity contribution in [2.45, 2.75) is 32.2 Å². The lowest BCUT2D eigenvalue weighted by molar-refractivity contribution is -0.118. The first-order valence-corrected chi connectivity index (χ1v) is 6.39. The van der Waals surface area contributed by atoms with E-state index < -0.39 is 0 Å². The average Bonchev–Trinajstić information content (AvgIpc) is 2.40. The molecule has 1 fully saturated rings. The molecule has 1 aliphatic heterocycles. The van der Waals surface area contributed by atoms with Crippen LogP contribution in [0.15, 0.2) is 18.2 Å². The summed E-state index contributed by atoms with van der Waals surface area (Å²) in [6.45, 7) is 2.91. The summed E-state index contributed by atoms with van der Waals surface area (Å²) in [6, 6.07) is 5.69. The summed E-state index contributed by atoms with van der Waals surface area (Å²) in [4.78, 5) is 12.1. The second-order valence-electron chi connectivity index (χ2n) is 4.70. The quantitative estimate of drug-likeness (QED) is 0.861. The van der Waals surface area contributed by atoms with Crippen LogP contribution in [0.25, 0.3) is 0 Å². The van der Waals surface area contributed by atoms with Crippen molar-refractivity contribution in [1.29, 1.82) is 0 Å². The molecular weight excluding hydrogens is 228 g/mol. The smallest absolute Gasteiger partial charge is 0.241 e. The number of hydrogen-bond donors (Lipinski definition) is 2. The van der Waals surface area contributed by atoms with E-state index in [0.29, 0.717) is 5.75 Å². The molecule has 0 spiro atoms. The number of aryl methyl sites for hydroxylation is 1. The Hall–Kier alpha value is -1.55. The molecule has 18 heavy (non-hydrogen) atoms. The van der Waals surface area contributed by atoms with Gasteiger partial charge in [0, 0.05) is 0 Å². The molecule has 1 amide bonds. The van der Waals surface area contributed by atoms with Crippen molar-refractivity contribution in [1.82, 2.24) is 5.32 Å². The number of benzene rings is 1. The second kappa shape index (κ2) is 5.87. The number of anilines is 1. The lowest BCUT2D eigenvalue weighted by Gasteiger charge is -2.23. The van der Waals surface area contributed by atoms with Crippen molar-refractivity contribution in [3.63, 3.8) is 0 Å². The Morgan fingerprint density at radius 2 is 2.28 bits per heavy atom. The summed E-state index contributed by atoms with van der Waals surface area (Å²) in [5, 5.41) is 6.18. The number of ether oxygens (including phenoxy) is 1. The van der Waals surface area contributed by atoms with Gasteiger partial charge in [-0.05, 0) is 44.0 Å². The molecule has 4 nitrogen and oxygen atoms in total. The third kappa shape index (κ3) is 3.01. The standard InChI is InChI=1S/C14H20N2O2/c1-10-6-7-13(18-2)12(9-10)16-14(17)11-5-3-4-8-15-11/h6-7,9,11,15H,3-5,8H2,1-2H3,(H,16,17). The van der Waals surface area contributed by atoms with E-state index in [4.69, 9.17) is 4.74 Å². The molecule has 0 bridgehead atoms. The molecule has 1 heterocycles. The minimum atomic E-state index is -0.0797. The predicted octanol–water partition coefficient (Wildman–Crippen LogP) is 2.08. The fourth-order valence-corrected chi connectivity index (χ4v) is 2.21. The lowest BCUT2D eigenvalue weighted by Crippen LogP contribution is -2.43. The van der Waals surface area contributed by atoms with Gasteiger partial charge in [-0.2, -0.15) is 0 Å². The van der Waals surface area contributed by atoms with Crippen LogP contribution in [0.5, 0.6) is 5.75 Å². The van der Waals surface area contributed by atoms with E-state index in [-0.39, 0.29) is 11.9 Å². The molecule has 1 saturated heterocycles. The molecule has 98 valence electrons. The van der Waals surface area contributed by atoms with Crippen LogP contribution < -0.4 is 15.4 Å². The highest BCUT2D eigenvalue weighted by atomic mass is 16.5. The van der Waals surface area contributed by atoms with Crippen molar-refractivity contribution in [2.24, 2.45) is 0 Å². The number of methoxy groups -OCH3 is 1. The molecule has 0 radical (unpaired) electrons. The summed E-state index contributed by atoms with van der Waals surface area (Å²) in [5.74, 6) is 0.725. The van der Waals surface area contributed by atoms with Crippen molar-refractivity contribution in [3.05, 3.63) is 23.8 Å². The number of nitrogens with one attached hydrogen (secondary N) is 2. The normalized spacial score (nSPS) is 19.3. The van der Waals surface area contributed by atoms with Gasteiger partial charge >= 0.3 is 0 Å². The molecule has 0 aromatic heterocycles. The van der Waals surface area contributed by atoms with E-state index in [1.807, 2.05) is 25.1 Å². The summed E-state index contributed by atoms with van der Waals surface area (Å²) < 4.78 is 5.25. The van der Waals surface area contributed by atoms with Gasteiger partial charge in [-0.25, -0.2) is 0 Å². The minimum Gasteiger partial charge on any atom is -0.495 e. The van der Waals surface area contributed by atoms with Crippen molar-refractivity contribution in [3.8, 4) is 5.75 Å². The lowest BCUT2D eigenvalue weighted by atomic mass is 10.0. The third-order valence-electron chi connectivity index (χ3n) is 3.24. The third-order valence-corrected chi connectivity index (χ3v) is 3.24. The average molecular weight is 248 g/mol. The number of hydrogen-bond acceptors (Lipinski definition) is 3. The van der Waals surface area contributed by atoms with Crippen LogP contribution in [-0.4, -0.2) is 25.6 Å². The van der Waals surface area contributed by atoms with Gasteiger partial charge in [0.15, 0.2) is 0 Å². The van der Waals surface area contributed by atoms with Crippen LogP contribution in [0, 0.1) is 6.92 Å². The Morgan fingerprint density at radius 1 is 1.44 bits per heavy atom. The van der Waals surface area contributed by atoms with E-state index >= 15 is 0 Å². The van der Waals surface area contributed by atoms with Crippen molar-refractivity contribution < 1.29 is 9.53 Å². The Bertz CT molecular complexity index is 426. The molecule has 2 rings (SSSR count). The molecule has 4 heteroatoms. The molecule has 1 aromatic carbocycles.